The summed E-state index contributed by atoms with van der Waals surface area (Å²) in [7, 11) is 0. The van der Waals surface area contributed by atoms with Gasteiger partial charge in [0.1, 0.15) is 12.6 Å². The molecule has 0 aliphatic rings. The monoisotopic (exact) mass is 357 g/mol. The van der Waals surface area contributed by atoms with E-state index in [2.05, 4.69) is 12.2 Å². The number of unbranched alkanes of at least 4 members (excludes halogenated alkanes) is 5. The second-order valence-corrected chi connectivity index (χ2v) is 6.94. The fourth-order valence-electron chi connectivity index (χ4n) is 2.51. The first-order chi connectivity index (χ1) is 11.7. The predicted octanol–water partition coefficient (Wildman–Crippen LogP) is 1.75. The largest absolute Gasteiger partial charge is 0.480 e. The lowest BCUT2D eigenvalue weighted by Gasteiger charge is -2.29. The summed E-state index contributed by atoms with van der Waals surface area (Å²) < 4.78 is 0. The lowest BCUT2D eigenvalue weighted by Crippen LogP contribution is -2.55. The summed E-state index contributed by atoms with van der Waals surface area (Å²) in [5.41, 5.74) is 5.55. The Morgan fingerprint density at radius 2 is 1.60 bits per heavy atom. The van der Waals surface area contributed by atoms with Gasteiger partial charge in [0, 0.05) is 6.54 Å². The van der Waals surface area contributed by atoms with Gasteiger partial charge in [-0.1, -0.05) is 52.9 Å². The molecule has 0 aliphatic carbocycles. The number of amides is 2. The molecular weight excluding hydrogens is 322 g/mol. The Morgan fingerprint density at radius 1 is 1.04 bits per heavy atom. The number of nitrogens with zero attached hydrogens (tertiary/aromatic N) is 1. The van der Waals surface area contributed by atoms with Gasteiger partial charge in [0.2, 0.25) is 11.8 Å². The molecule has 0 heterocycles. The van der Waals surface area contributed by atoms with Crippen LogP contribution in [0.5, 0.6) is 0 Å². The summed E-state index contributed by atoms with van der Waals surface area (Å²) >= 11 is 0. The van der Waals surface area contributed by atoms with E-state index in [1.165, 1.54) is 17.7 Å². The van der Waals surface area contributed by atoms with Gasteiger partial charge in [0.25, 0.3) is 0 Å². The van der Waals surface area contributed by atoms with Crippen molar-refractivity contribution in [2.45, 2.75) is 78.3 Å². The zero-order valence-electron chi connectivity index (χ0n) is 16.1. The summed E-state index contributed by atoms with van der Waals surface area (Å²) in [5, 5.41) is 11.7. The maximum absolute atomic E-state index is 12.8. The molecule has 0 aromatic carbocycles. The quantitative estimate of drug-likeness (QED) is 0.435. The van der Waals surface area contributed by atoms with Crippen LogP contribution in [-0.2, 0) is 14.4 Å². The van der Waals surface area contributed by atoms with Crippen LogP contribution in [0.4, 0.5) is 0 Å². The van der Waals surface area contributed by atoms with Crippen molar-refractivity contribution in [3.05, 3.63) is 0 Å². The molecule has 0 saturated heterocycles. The van der Waals surface area contributed by atoms with E-state index in [9.17, 15) is 14.4 Å². The molecule has 0 aromatic heterocycles. The van der Waals surface area contributed by atoms with Crippen LogP contribution in [0.2, 0.25) is 0 Å². The number of nitrogens with one attached hydrogen (secondary N) is 1. The van der Waals surface area contributed by atoms with E-state index in [0.717, 1.165) is 25.7 Å². The molecule has 0 rings (SSSR count). The first-order valence-electron chi connectivity index (χ1n) is 9.27. The number of aliphatic carboxylic acids is 1. The molecule has 7 heteroatoms. The van der Waals surface area contributed by atoms with Crippen molar-refractivity contribution in [3.63, 3.8) is 0 Å². The average molecular weight is 357 g/mol. The Hall–Kier alpha value is -1.63. The second kappa shape index (κ2) is 12.7. The summed E-state index contributed by atoms with van der Waals surface area (Å²) in [5.74, 6) is -1.99. The third kappa shape index (κ3) is 10.1. The van der Waals surface area contributed by atoms with Crippen molar-refractivity contribution in [2.24, 2.45) is 11.7 Å². The standard InChI is InChI=1S/C18H35N3O4/c1-5-6-7-8-9-10-11-21(12-15(22)23)18(25)16(13(2)3)20-17(24)14(4)19/h13-14,16H,5-12,19H2,1-4H3,(H,20,24)(H,22,23)/t14-,16-/m0/s1. The van der Waals surface area contributed by atoms with Gasteiger partial charge in [-0.2, -0.15) is 0 Å². The average Bonchev–Trinajstić information content (AvgIpc) is 2.52. The number of nitrogens with two attached hydrogens (primary N) is 1. The molecular formula is C18H35N3O4. The van der Waals surface area contributed by atoms with E-state index in [4.69, 9.17) is 10.8 Å². The van der Waals surface area contributed by atoms with Crippen molar-refractivity contribution in [2.75, 3.05) is 13.1 Å². The van der Waals surface area contributed by atoms with Crippen molar-refractivity contribution >= 4 is 17.8 Å². The highest BCUT2D eigenvalue weighted by atomic mass is 16.4. The molecule has 4 N–H and O–H groups in total. The Labute approximate surface area is 151 Å². The smallest absolute Gasteiger partial charge is 0.323 e. The highest BCUT2D eigenvalue weighted by molar-refractivity contribution is 5.91. The normalized spacial score (nSPS) is 13.4. The minimum absolute atomic E-state index is 0.156. The molecule has 0 unspecified atom stereocenters. The Bertz CT molecular complexity index is 425. The molecule has 0 aromatic rings. The van der Waals surface area contributed by atoms with Crippen LogP contribution in [0.15, 0.2) is 0 Å². The van der Waals surface area contributed by atoms with Gasteiger partial charge in [0.05, 0.1) is 6.04 Å². The third-order valence-corrected chi connectivity index (χ3v) is 4.06. The van der Waals surface area contributed by atoms with E-state index in [0.29, 0.717) is 6.54 Å². The fraction of sp³-hybridized carbons (Fsp3) is 0.833. The first kappa shape index (κ1) is 23.4. The maximum atomic E-state index is 12.8. The molecule has 0 radical (unpaired) electrons. The van der Waals surface area contributed by atoms with Crippen LogP contribution < -0.4 is 11.1 Å². The molecule has 7 nitrogen and oxygen atoms in total. The molecule has 146 valence electrons. The Morgan fingerprint density at radius 3 is 2.08 bits per heavy atom. The summed E-state index contributed by atoms with van der Waals surface area (Å²) in [6.45, 7) is 7.35. The van der Waals surface area contributed by atoms with E-state index < -0.39 is 24.0 Å². The molecule has 2 atom stereocenters. The number of hydrogen-bond acceptors (Lipinski definition) is 4. The SMILES string of the molecule is CCCCCCCCN(CC(=O)O)C(=O)[C@@H](NC(=O)[C@H](C)N)C(C)C. The first-order valence-corrected chi connectivity index (χ1v) is 9.27. The number of carbonyl (C=O) groups excluding carboxylic acids is 2. The number of carboxylic acid groups (broad SMARTS) is 1. The molecule has 0 saturated carbocycles. The van der Waals surface area contributed by atoms with Gasteiger partial charge in [-0.05, 0) is 19.3 Å². The van der Waals surface area contributed by atoms with E-state index in [1.54, 1.807) is 6.92 Å². The minimum Gasteiger partial charge on any atom is -0.480 e. The van der Waals surface area contributed by atoms with Gasteiger partial charge >= 0.3 is 5.97 Å². The number of rotatable bonds is 13. The molecule has 0 spiro atoms. The van der Waals surface area contributed by atoms with Gasteiger partial charge in [0.15, 0.2) is 0 Å². The lowest BCUT2D eigenvalue weighted by molar-refractivity contribution is -0.146. The summed E-state index contributed by atoms with van der Waals surface area (Å²) in [6, 6.07) is -1.49. The number of hydrogen-bond donors (Lipinski definition) is 3. The van der Waals surface area contributed by atoms with Crippen molar-refractivity contribution < 1.29 is 19.5 Å². The number of carboxylic acids is 1. The van der Waals surface area contributed by atoms with Crippen molar-refractivity contribution in [1.82, 2.24) is 10.2 Å². The minimum atomic E-state index is -1.06. The second-order valence-electron chi connectivity index (χ2n) is 6.94. The van der Waals surface area contributed by atoms with Crippen LogP contribution in [0.25, 0.3) is 0 Å². The molecule has 0 aliphatic heterocycles. The fourth-order valence-corrected chi connectivity index (χ4v) is 2.51. The number of carbonyl (C=O) groups is 3. The van der Waals surface area contributed by atoms with Crippen molar-refractivity contribution in [1.29, 1.82) is 0 Å². The maximum Gasteiger partial charge on any atom is 0.323 e. The Kier molecular flexibility index (Phi) is 11.9. The molecule has 0 bridgehead atoms. The lowest BCUT2D eigenvalue weighted by atomic mass is 10.0. The zero-order valence-corrected chi connectivity index (χ0v) is 16.1. The van der Waals surface area contributed by atoms with E-state index in [1.807, 2.05) is 13.8 Å². The summed E-state index contributed by atoms with van der Waals surface area (Å²) in [4.78, 5) is 37.0. The zero-order chi connectivity index (χ0) is 19.4. The predicted molar refractivity (Wildman–Crippen MR) is 98.0 cm³/mol. The van der Waals surface area contributed by atoms with Crippen LogP contribution in [0, 0.1) is 5.92 Å². The van der Waals surface area contributed by atoms with Gasteiger partial charge < -0.3 is 21.1 Å². The Balaban J connectivity index is 4.80. The van der Waals surface area contributed by atoms with E-state index in [-0.39, 0.29) is 18.4 Å². The molecule has 25 heavy (non-hydrogen) atoms. The molecule has 0 fully saturated rings. The highest BCUT2D eigenvalue weighted by Crippen LogP contribution is 2.10. The van der Waals surface area contributed by atoms with Crippen LogP contribution in [0.3, 0.4) is 0 Å². The van der Waals surface area contributed by atoms with Gasteiger partial charge in [-0.3, -0.25) is 14.4 Å². The van der Waals surface area contributed by atoms with Crippen LogP contribution in [-0.4, -0.2) is 53.0 Å². The topological polar surface area (TPSA) is 113 Å². The van der Waals surface area contributed by atoms with Crippen LogP contribution in [0.1, 0.15) is 66.2 Å². The van der Waals surface area contributed by atoms with Gasteiger partial charge in [-0.15, -0.1) is 0 Å². The van der Waals surface area contributed by atoms with Crippen molar-refractivity contribution in [3.8, 4) is 0 Å². The van der Waals surface area contributed by atoms with Crippen LogP contribution >= 0.6 is 0 Å². The third-order valence-electron chi connectivity index (χ3n) is 4.06. The summed E-state index contributed by atoms with van der Waals surface area (Å²) in [6.07, 6.45) is 6.31. The highest BCUT2D eigenvalue weighted by Gasteiger charge is 2.30. The van der Waals surface area contributed by atoms with Gasteiger partial charge in [-0.25, -0.2) is 0 Å². The van der Waals surface area contributed by atoms with E-state index >= 15 is 0 Å². The molecule has 2 amide bonds.